The lowest BCUT2D eigenvalue weighted by molar-refractivity contribution is -0.0739. The topological polar surface area (TPSA) is 41.9 Å². The molecule has 0 spiro atoms. The summed E-state index contributed by atoms with van der Waals surface area (Å²) in [5.74, 6) is 0. The van der Waals surface area contributed by atoms with Gasteiger partial charge in [-0.3, -0.25) is 4.90 Å². The molecule has 4 heteroatoms. The molecule has 21 heavy (non-hydrogen) atoms. The van der Waals surface area contributed by atoms with Gasteiger partial charge in [0.15, 0.2) is 6.29 Å². The Hall–Kier alpha value is -0.940. The Morgan fingerprint density at radius 2 is 1.90 bits per heavy atom. The fraction of sp³-hybridized carbons (Fsp3) is 0.647. The molecule has 116 valence electrons. The first-order valence-corrected chi connectivity index (χ1v) is 8.03. The Labute approximate surface area is 126 Å². The summed E-state index contributed by atoms with van der Waals surface area (Å²) in [4.78, 5) is 2.45. The molecule has 1 aromatic rings. The lowest BCUT2D eigenvalue weighted by atomic mass is 9.94. The van der Waals surface area contributed by atoms with Crippen LogP contribution in [0.2, 0.25) is 0 Å². The van der Waals surface area contributed by atoms with Crippen molar-refractivity contribution >= 4 is 0 Å². The molecule has 2 saturated heterocycles. The number of aliphatic hydroxyl groups is 1. The van der Waals surface area contributed by atoms with Crippen LogP contribution in [0.25, 0.3) is 0 Å². The molecular weight excluding hydrogens is 266 g/mol. The summed E-state index contributed by atoms with van der Waals surface area (Å²) in [6.45, 7) is 2.61. The van der Waals surface area contributed by atoms with Crippen LogP contribution in [0.5, 0.6) is 0 Å². The quantitative estimate of drug-likeness (QED) is 0.904. The van der Waals surface area contributed by atoms with E-state index in [0.29, 0.717) is 19.3 Å². The van der Waals surface area contributed by atoms with E-state index in [1.807, 2.05) is 18.2 Å². The van der Waals surface area contributed by atoms with Gasteiger partial charge in [-0.25, -0.2) is 0 Å². The van der Waals surface area contributed by atoms with Crippen LogP contribution in [-0.2, 0) is 9.47 Å². The van der Waals surface area contributed by atoms with Crippen molar-refractivity contribution < 1.29 is 14.6 Å². The van der Waals surface area contributed by atoms with Gasteiger partial charge in [-0.05, 0) is 24.9 Å². The predicted molar refractivity (Wildman–Crippen MR) is 80.9 cm³/mol. The van der Waals surface area contributed by atoms with Gasteiger partial charge in [-0.15, -0.1) is 0 Å². The van der Waals surface area contributed by atoms with E-state index < -0.39 is 0 Å². The van der Waals surface area contributed by atoms with Crippen LogP contribution < -0.4 is 0 Å². The molecule has 0 aliphatic carbocycles. The fourth-order valence-electron chi connectivity index (χ4n) is 3.53. The molecular formula is C17H25NO3. The van der Waals surface area contributed by atoms with Crippen molar-refractivity contribution in [2.45, 2.75) is 44.1 Å². The minimum Gasteiger partial charge on any atom is -0.394 e. The van der Waals surface area contributed by atoms with E-state index in [0.717, 1.165) is 19.4 Å². The van der Waals surface area contributed by atoms with E-state index in [4.69, 9.17) is 9.47 Å². The SMILES string of the molecule is OC[C@@H](c1ccccc1)N1CCCC[C@@H]1CC1OCCO1. The van der Waals surface area contributed by atoms with Gasteiger partial charge in [0.05, 0.1) is 25.9 Å². The number of nitrogens with zero attached hydrogens (tertiary/aromatic N) is 1. The summed E-state index contributed by atoms with van der Waals surface area (Å²) in [5.41, 5.74) is 1.19. The molecule has 2 aliphatic rings. The van der Waals surface area contributed by atoms with Gasteiger partial charge in [0, 0.05) is 12.5 Å². The van der Waals surface area contributed by atoms with Crippen molar-refractivity contribution in [1.29, 1.82) is 0 Å². The first-order valence-electron chi connectivity index (χ1n) is 8.03. The maximum atomic E-state index is 9.91. The van der Waals surface area contributed by atoms with Crippen LogP contribution in [0, 0.1) is 0 Å². The van der Waals surface area contributed by atoms with E-state index in [2.05, 4.69) is 17.0 Å². The second-order valence-corrected chi connectivity index (χ2v) is 5.90. The van der Waals surface area contributed by atoms with Crippen molar-refractivity contribution in [3.05, 3.63) is 35.9 Å². The zero-order chi connectivity index (χ0) is 14.5. The molecule has 0 radical (unpaired) electrons. The molecule has 0 aromatic heterocycles. The van der Waals surface area contributed by atoms with E-state index in [-0.39, 0.29) is 18.9 Å². The second-order valence-electron chi connectivity index (χ2n) is 5.90. The molecule has 1 N–H and O–H groups in total. The lowest BCUT2D eigenvalue weighted by Crippen LogP contribution is -2.45. The Bertz CT molecular complexity index is 419. The Morgan fingerprint density at radius 1 is 1.14 bits per heavy atom. The summed E-state index contributed by atoms with van der Waals surface area (Å²) in [6, 6.07) is 10.8. The van der Waals surface area contributed by atoms with Crippen molar-refractivity contribution in [2.75, 3.05) is 26.4 Å². The van der Waals surface area contributed by atoms with E-state index in [1.165, 1.54) is 18.4 Å². The zero-order valence-electron chi connectivity index (χ0n) is 12.5. The van der Waals surface area contributed by atoms with Gasteiger partial charge in [0.1, 0.15) is 0 Å². The van der Waals surface area contributed by atoms with Gasteiger partial charge in [-0.2, -0.15) is 0 Å². The molecule has 0 amide bonds. The summed E-state index contributed by atoms with van der Waals surface area (Å²) < 4.78 is 11.2. The highest BCUT2D eigenvalue weighted by molar-refractivity contribution is 5.19. The number of benzene rings is 1. The molecule has 2 fully saturated rings. The van der Waals surface area contributed by atoms with Crippen molar-refractivity contribution in [3.63, 3.8) is 0 Å². The molecule has 2 atom stereocenters. The van der Waals surface area contributed by atoms with Gasteiger partial charge >= 0.3 is 0 Å². The lowest BCUT2D eigenvalue weighted by Gasteiger charge is -2.41. The van der Waals surface area contributed by atoms with E-state index in [1.54, 1.807) is 0 Å². The minimum absolute atomic E-state index is 0.0642. The molecule has 3 rings (SSSR count). The molecule has 2 heterocycles. The van der Waals surface area contributed by atoms with Crippen LogP contribution in [0.3, 0.4) is 0 Å². The minimum atomic E-state index is -0.0642. The van der Waals surface area contributed by atoms with Gasteiger partial charge in [0.2, 0.25) is 0 Å². The van der Waals surface area contributed by atoms with Crippen molar-refractivity contribution in [3.8, 4) is 0 Å². The van der Waals surface area contributed by atoms with Gasteiger partial charge in [-0.1, -0.05) is 36.8 Å². The van der Waals surface area contributed by atoms with Gasteiger partial charge < -0.3 is 14.6 Å². The number of ether oxygens (including phenoxy) is 2. The molecule has 0 bridgehead atoms. The third-order valence-corrected chi connectivity index (χ3v) is 4.59. The number of likely N-dealkylation sites (tertiary alicyclic amines) is 1. The summed E-state index contributed by atoms with van der Waals surface area (Å²) in [5, 5.41) is 9.91. The molecule has 0 unspecified atom stereocenters. The van der Waals surface area contributed by atoms with E-state index >= 15 is 0 Å². The average Bonchev–Trinajstić information content (AvgIpc) is 3.04. The van der Waals surface area contributed by atoms with Gasteiger partial charge in [0.25, 0.3) is 0 Å². The third-order valence-electron chi connectivity index (χ3n) is 4.59. The first-order chi connectivity index (χ1) is 10.4. The standard InChI is InChI=1S/C17H25NO3/c19-13-16(14-6-2-1-3-7-14)18-9-5-4-8-15(18)12-17-20-10-11-21-17/h1-3,6-7,15-17,19H,4-5,8-13H2/t15-,16+/m1/s1. The fourth-order valence-corrected chi connectivity index (χ4v) is 3.53. The molecule has 4 nitrogen and oxygen atoms in total. The van der Waals surface area contributed by atoms with E-state index in [9.17, 15) is 5.11 Å². The highest BCUT2D eigenvalue weighted by atomic mass is 16.7. The average molecular weight is 291 g/mol. The third kappa shape index (κ3) is 3.64. The van der Waals surface area contributed by atoms with Crippen LogP contribution in [-0.4, -0.2) is 48.7 Å². The van der Waals surface area contributed by atoms with Crippen molar-refractivity contribution in [1.82, 2.24) is 4.90 Å². The largest absolute Gasteiger partial charge is 0.394 e. The summed E-state index contributed by atoms with van der Waals surface area (Å²) in [7, 11) is 0. The molecule has 0 saturated carbocycles. The Kier molecular flexibility index (Phi) is 5.25. The van der Waals surface area contributed by atoms with Crippen LogP contribution in [0.15, 0.2) is 30.3 Å². The molecule has 2 aliphatic heterocycles. The highest BCUT2D eigenvalue weighted by Gasteiger charge is 2.32. The van der Waals surface area contributed by atoms with Crippen LogP contribution >= 0.6 is 0 Å². The monoisotopic (exact) mass is 291 g/mol. The maximum Gasteiger partial charge on any atom is 0.159 e. The molecule has 1 aromatic carbocycles. The zero-order valence-corrected chi connectivity index (χ0v) is 12.5. The number of piperidine rings is 1. The van der Waals surface area contributed by atoms with Crippen molar-refractivity contribution in [2.24, 2.45) is 0 Å². The number of hydrogen-bond acceptors (Lipinski definition) is 4. The van der Waals surface area contributed by atoms with Crippen LogP contribution in [0.1, 0.15) is 37.3 Å². The number of hydrogen-bond donors (Lipinski definition) is 1. The predicted octanol–water partition coefficient (Wildman–Crippen LogP) is 2.34. The Morgan fingerprint density at radius 3 is 2.62 bits per heavy atom. The number of rotatable bonds is 5. The first kappa shape index (κ1) is 15.0. The smallest absolute Gasteiger partial charge is 0.159 e. The van der Waals surface area contributed by atoms with Crippen LogP contribution in [0.4, 0.5) is 0 Å². The maximum absolute atomic E-state index is 9.91. The summed E-state index contributed by atoms with van der Waals surface area (Å²) >= 11 is 0. The Balaban J connectivity index is 1.72. The number of aliphatic hydroxyl groups excluding tert-OH is 1. The normalized spacial score (nSPS) is 26.0. The highest BCUT2D eigenvalue weighted by Crippen LogP contribution is 2.31. The summed E-state index contributed by atoms with van der Waals surface area (Å²) in [6.07, 6.45) is 4.45. The second kappa shape index (κ2) is 7.36.